The third-order valence-electron chi connectivity index (χ3n) is 9.03. The first-order valence-electron chi connectivity index (χ1n) is 17.4. The molecular weight excluding hydrogens is 695 g/mol. The molecule has 4 rings (SSSR count). The molecule has 280 valence electrons. The van der Waals surface area contributed by atoms with Crippen LogP contribution in [-0.2, 0) is 20.9 Å². The van der Waals surface area contributed by atoms with Crippen molar-refractivity contribution in [1.29, 1.82) is 0 Å². The zero-order valence-electron chi connectivity index (χ0n) is 29.8. The van der Waals surface area contributed by atoms with E-state index in [0.29, 0.717) is 31.7 Å². The number of carboxylic acid groups (broad SMARTS) is 1. The Labute approximate surface area is 306 Å². The summed E-state index contributed by atoms with van der Waals surface area (Å²) in [4.78, 5) is 39.9. The highest BCUT2D eigenvalue weighted by atomic mass is 32.3. The summed E-state index contributed by atoms with van der Waals surface area (Å²) in [5, 5.41) is 12.1. The molecule has 0 spiro atoms. The highest BCUT2D eigenvalue weighted by Gasteiger charge is 2.35. The van der Waals surface area contributed by atoms with E-state index in [2.05, 4.69) is 24.1 Å². The van der Waals surface area contributed by atoms with Crippen molar-refractivity contribution in [2.45, 2.75) is 57.2 Å². The van der Waals surface area contributed by atoms with E-state index in [9.17, 15) is 23.9 Å². The Kier molecular flexibility index (Phi) is 15.2. The van der Waals surface area contributed by atoms with Crippen LogP contribution in [0.5, 0.6) is 0 Å². The molecule has 0 aliphatic heterocycles. The fraction of sp³-hybridized carbons (Fsp3) is 0.500. The molecule has 0 unspecified atom stereocenters. The Hall–Kier alpha value is -3.55. The van der Waals surface area contributed by atoms with Crippen molar-refractivity contribution in [3.63, 3.8) is 0 Å². The van der Waals surface area contributed by atoms with Crippen molar-refractivity contribution in [3.8, 4) is 11.1 Å². The van der Waals surface area contributed by atoms with Gasteiger partial charge in [0.05, 0.1) is 11.8 Å². The first kappa shape index (κ1) is 40.2. The quantitative estimate of drug-likeness (QED) is 0.121. The van der Waals surface area contributed by atoms with Crippen LogP contribution in [0.3, 0.4) is 0 Å². The molecule has 51 heavy (non-hydrogen) atoms. The van der Waals surface area contributed by atoms with E-state index >= 15 is 4.39 Å². The Morgan fingerprint density at radius 2 is 1.80 bits per heavy atom. The third kappa shape index (κ3) is 12.6. The topological polar surface area (TPSA) is 127 Å². The Balaban J connectivity index is 1.69. The van der Waals surface area contributed by atoms with Crippen LogP contribution in [0.1, 0.15) is 55.8 Å². The minimum atomic E-state index is -1.13. The van der Waals surface area contributed by atoms with Gasteiger partial charge in [0.2, 0.25) is 5.91 Å². The molecule has 1 heterocycles. The highest BCUT2D eigenvalue weighted by Crippen LogP contribution is 2.41. The van der Waals surface area contributed by atoms with Crippen LogP contribution in [0.2, 0.25) is 0 Å². The second-order valence-electron chi connectivity index (χ2n) is 14.0. The van der Waals surface area contributed by atoms with Gasteiger partial charge >= 0.3 is 12.1 Å². The lowest BCUT2D eigenvalue weighted by atomic mass is 9.81. The maximum atomic E-state index is 15.2. The molecule has 0 saturated heterocycles. The number of ether oxygens (including phenoxy) is 1. The molecule has 3 aromatic rings. The second kappa shape index (κ2) is 19.3. The number of nitrogens with zero attached hydrogens (tertiary/aromatic N) is 2. The minimum Gasteiger partial charge on any atom is -0.480 e. The van der Waals surface area contributed by atoms with Crippen molar-refractivity contribution >= 4 is 39.8 Å². The zero-order chi connectivity index (χ0) is 37.0. The lowest BCUT2D eigenvalue weighted by molar-refractivity contribution is -0.138. The number of aliphatic carboxylic acids is 1. The Morgan fingerprint density at radius 1 is 1.08 bits per heavy atom. The van der Waals surface area contributed by atoms with E-state index < -0.39 is 45.8 Å². The number of nitrogens with two attached hydrogens (primary N) is 1. The van der Waals surface area contributed by atoms with Crippen LogP contribution in [0.25, 0.3) is 11.1 Å². The van der Waals surface area contributed by atoms with E-state index in [0.717, 1.165) is 61.2 Å². The van der Waals surface area contributed by atoms with Gasteiger partial charge in [-0.15, -0.1) is 11.8 Å². The maximum absolute atomic E-state index is 15.2. The Bertz CT molecular complexity index is 1590. The predicted octanol–water partition coefficient (Wildman–Crippen LogP) is 6.89. The number of carboxylic acids is 1. The van der Waals surface area contributed by atoms with Crippen LogP contribution < -0.4 is 11.1 Å². The molecule has 1 aliphatic rings. The average Bonchev–Trinajstić information content (AvgIpc) is 3.49. The molecule has 1 saturated carbocycles. The van der Waals surface area contributed by atoms with Gasteiger partial charge in [-0.1, -0.05) is 49.6 Å². The molecule has 0 radical (unpaired) electrons. The van der Waals surface area contributed by atoms with Crippen LogP contribution in [0.4, 0.5) is 13.6 Å². The molecular formula is C38H52F2N4O5S2. The van der Waals surface area contributed by atoms with Gasteiger partial charge < -0.3 is 30.4 Å². The lowest BCUT2D eigenvalue weighted by Crippen LogP contribution is -2.43. The number of halogens is 2. The van der Waals surface area contributed by atoms with Gasteiger partial charge in [-0.2, -0.15) is 0 Å². The fourth-order valence-corrected chi connectivity index (χ4v) is 7.83. The number of carbonyl (C=O) groups is 3. The SMILES string of the molecule is CS(C)(C)CCOC(=O)NCCCN(C(=O)CSC[C@H](N)C(=O)O)[C@@H](c1cc(-c2cc(F)ccc2F)cn1Cc1ccccc1)C1CCCCC1. The van der Waals surface area contributed by atoms with E-state index in [1.807, 2.05) is 52.1 Å². The van der Waals surface area contributed by atoms with Crippen molar-refractivity contribution in [3.05, 3.63) is 83.7 Å². The number of nitrogens with one attached hydrogen (secondary N) is 1. The summed E-state index contributed by atoms with van der Waals surface area (Å²) in [6.07, 6.45) is 13.1. The van der Waals surface area contributed by atoms with Crippen LogP contribution >= 0.6 is 21.8 Å². The standard InChI is InChI=1S/C38H52F2N4O5S2/c1-51(2,3)20-19-49-38(48)42-17-10-18-44(35(45)26-50-25-33(41)37(46)47)36(28-13-8-5-9-14-28)34-21-29(31-22-30(39)15-16-32(31)40)24-43(34)23-27-11-6-4-7-12-27/h4,6-7,11-12,15-16,21-22,24,28,33,36H,5,8-10,13-14,17-20,23,25-26,41H2,1-3H3,(H,42,48)(H,46,47)/t33-,36+/m0/s1. The normalized spacial score (nSPS) is 15.2. The molecule has 9 nitrogen and oxygen atoms in total. The number of hydrogen-bond acceptors (Lipinski definition) is 6. The summed E-state index contributed by atoms with van der Waals surface area (Å²) >= 11 is 1.17. The number of rotatable bonds is 18. The van der Waals surface area contributed by atoms with Crippen molar-refractivity contribution in [2.75, 3.05) is 55.7 Å². The summed E-state index contributed by atoms with van der Waals surface area (Å²) in [6.45, 7) is 1.37. The number of hydrogen-bond donors (Lipinski definition) is 3. The first-order chi connectivity index (χ1) is 24.3. The van der Waals surface area contributed by atoms with E-state index in [-0.39, 0.29) is 35.4 Å². The molecule has 1 aliphatic carbocycles. The van der Waals surface area contributed by atoms with Gasteiger partial charge in [0.1, 0.15) is 24.3 Å². The zero-order valence-corrected chi connectivity index (χ0v) is 31.5. The highest BCUT2D eigenvalue weighted by molar-refractivity contribution is 8.32. The van der Waals surface area contributed by atoms with Gasteiger partial charge in [0.25, 0.3) is 0 Å². The number of carbonyl (C=O) groups excluding carboxylic acids is 2. The number of amides is 2. The summed E-state index contributed by atoms with van der Waals surface area (Å²) in [7, 11) is -0.808. The molecule has 1 aromatic heterocycles. The summed E-state index contributed by atoms with van der Waals surface area (Å²) in [5.41, 5.74) is 8.21. The van der Waals surface area contributed by atoms with Gasteiger partial charge in [-0.25, -0.2) is 23.6 Å². The largest absolute Gasteiger partial charge is 0.480 e. The minimum absolute atomic E-state index is 0.0135. The molecule has 2 aromatic carbocycles. The van der Waals surface area contributed by atoms with Gasteiger partial charge in [0.15, 0.2) is 0 Å². The van der Waals surface area contributed by atoms with Crippen molar-refractivity contribution < 1.29 is 33.0 Å². The second-order valence-corrected chi connectivity index (χ2v) is 19.6. The fourth-order valence-electron chi connectivity index (χ4n) is 6.39. The summed E-state index contributed by atoms with van der Waals surface area (Å²) in [5.74, 6) is -1.44. The molecule has 0 bridgehead atoms. The molecule has 2 amide bonds. The van der Waals surface area contributed by atoms with Gasteiger partial charge in [-0.3, -0.25) is 9.59 Å². The van der Waals surface area contributed by atoms with Crippen LogP contribution in [0.15, 0.2) is 60.8 Å². The van der Waals surface area contributed by atoms with Gasteiger partial charge in [0, 0.05) is 54.2 Å². The first-order valence-corrected chi connectivity index (χ1v) is 21.6. The lowest BCUT2D eigenvalue weighted by Gasteiger charge is -2.40. The number of thioether (sulfide) groups is 1. The van der Waals surface area contributed by atoms with E-state index in [1.165, 1.54) is 17.8 Å². The Morgan fingerprint density at radius 3 is 2.49 bits per heavy atom. The monoisotopic (exact) mass is 746 g/mol. The van der Waals surface area contributed by atoms with Crippen LogP contribution in [-0.4, -0.2) is 94.3 Å². The predicted molar refractivity (Wildman–Crippen MR) is 203 cm³/mol. The molecule has 1 fully saturated rings. The number of alkyl carbamates (subject to hydrolysis) is 1. The maximum Gasteiger partial charge on any atom is 0.407 e. The number of benzene rings is 2. The molecule has 2 atom stereocenters. The molecule has 13 heteroatoms. The molecule has 4 N–H and O–H groups in total. The van der Waals surface area contributed by atoms with E-state index in [1.54, 1.807) is 0 Å². The van der Waals surface area contributed by atoms with Crippen molar-refractivity contribution in [2.24, 2.45) is 11.7 Å². The van der Waals surface area contributed by atoms with Gasteiger partial charge in [-0.05, 0) is 73.8 Å². The van der Waals surface area contributed by atoms with E-state index in [4.69, 9.17) is 10.5 Å². The van der Waals surface area contributed by atoms with Crippen LogP contribution in [0, 0.1) is 17.6 Å². The number of aromatic nitrogens is 1. The van der Waals surface area contributed by atoms with Crippen molar-refractivity contribution in [1.82, 2.24) is 14.8 Å². The summed E-state index contributed by atoms with van der Waals surface area (Å²) < 4.78 is 37.0. The summed E-state index contributed by atoms with van der Waals surface area (Å²) in [6, 6.07) is 13.6. The third-order valence-corrected chi connectivity index (χ3v) is 11.5. The average molecular weight is 747 g/mol. The smallest absolute Gasteiger partial charge is 0.407 e.